The van der Waals surface area contributed by atoms with E-state index in [0.717, 1.165) is 11.1 Å². The van der Waals surface area contributed by atoms with Gasteiger partial charge in [0.15, 0.2) is 0 Å². The molecule has 118 valence electrons. The van der Waals surface area contributed by atoms with Crippen molar-refractivity contribution in [2.75, 3.05) is 14.2 Å². The molecule has 0 saturated heterocycles. The molecule has 0 aliphatic rings. The third-order valence-electron chi connectivity index (χ3n) is 4.52. The summed E-state index contributed by atoms with van der Waals surface area (Å²) in [6.07, 6.45) is 0. The number of rotatable bonds is 5. The van der Waals surface area contributed by atoms with Gasteiger partial charge in [-0.05, 0) is 49.2 Å². The fourth-order valence-electron chi connectivity index (χ4n) is 2.71. The van der Waals surface area contributed by atoms with Crippen LogP contribution in [0.25, 0.3) is 0 Å². The van der Waals surface area contributed by atoms with E-state index in [4.69, 9.17) is 32.7 Å². The normalized spacial score (nSPS) is 16.8. The first-order chi connectivity index (χ1) is 10.4. The van der Waals surface area contributed by atoms with Gasteiger partial charge in [-0.25, -0.2) is 0 Å². The molecule has 0 aliphatic heterocycles. The monoisotopic (exact) mass is 338 g/mol. The summed E-state index contributed by atoms with van der Waals surface area (Å²) in [4.78, 5) is 0. The molecule has 2 aromatic rings. The molecule has 22 heavy (non-hydrogen) atoms. The Morgan fingerprint density at radius 3 is 1.14 bits per heavy atom. The van der Waals surface area contributed by atoms with Crippen LogP contribution in [-0.4, -0.2) is 14.2 Å². The molecule has 2 nitrogen and oxygen atoms in total. The van der Waals surface area contributed by atoms with Crippen molar-refractivity contribution in [3.05, 3.63) is 69.7 Å². The van der Waals surface area contributed by atoms with Gasteiger partial charge in [0.2, 0.25) is 0 Å². The molecule has 0 bridgehead atoms. The van der Waals surface area contributed by atoms with Gasteiger partial charge < -0.3 is 9.47 Å². The zero-order valence-corrected chi connectivity index (χ0v) is 14.7. The lowest BCUT2D eigenvalue weighted by molar-refractivity contribution is -0.180. The van der Waals surface area contributed by atoms with E-state index in [9.17, 15) is 0 Å². The average Bonchev–Trinajstić information content (AvgIpc) is 2.54. The minimum absolute atomic E-state index is 0.688. The number of methoxy groups -OCH3 is 2. The summed E-state index contributed by atoms with van der Waals surface area (Å²) >= 11 is 12.0. The predicted molar refractivity (Wildman–Crippen MR) is 91.6 cm³/mol. The summed E-state index contributed by atoms with van der Waals surface area (Å²) in [6.45, 7) is 4.02. The first-order valence-corrected chi connectivity index (χ1v) is 7.75. The average molecular weight is 339 g/mol. The van der Waals surface area contributed by atoms with Crippen LogP contribution in [0.3, 0.4) is 0 Å². The number of ether oxygens (including phenoxy) is 2. The third-order valence-corrected chi connectivity index (χ3v) is 5.02. The van der Waals surface area contributed by atoms with Gasteiger partial charge in [-0.15, -0.1) is 0 Å². The number of benzene rings is 2. The summed E-state index contributed by atoms with van der Waals surface area (Å²) < 4.78 is 11.8. The van der Waals surface area contributed by atoms with Crippen LogP contribution in [0, 0.1) is 0 Å². The lowest BCUT2D eigenvalue weighted by Gasteiger charge is -2.45. The first kappa shape index (κ1) is 17.3. The molecular formula is C18H20Cl2O2. The van der Waals surface area contributed by atoms with Crippen molar-refractivity contribution in [3.8, 4) is 0 Å². The Morgan fingerprint density at radius 1 is 0.636 bits per heavy atom. The summed E-state index contributed by atoms with van der Waals surface area (Å²) in [5, 5.41) is 1.38. The van der Waals surface area contributed by atoms with Crippen LogP contribution in [0.1, 0.15) is 25.0 Å². The van der Waals surface area contributed by atoms with Crippen molar-refractivity contribution in [2.24, 2.45) is 0 Å². The topological polar surface area (TPSA) is 18.5 Å². The van der Waals surface area contributed by atoms with Crippen LogP contribution in [0.15, 0.2) is 48.5 Å². The summed E-state index contributed by atoms with van der Waals surface area (Å²) in [5.74, 6) is 0. The fourth-order valence-corrected chi connectivity index (χ4v) is 2.96. The Bertz CT molecular complexity index is 567. The number of hydrogen-bond donors (Lipinski definition) is 0. The van der Waals surface area contributed by atoms with E-state index in [0.29, 0.717) is 10.0 Å². The summed E-state index contributed by atoms with van der Waals surface area (Å²) in [6, 6.07) is 15.2. The van der Waals surface area contributed by atoms with Crippen molar-refractivity contribution in [2.45, 2.75) is 25.0 Å². The maximum atomic E-state index is 6.00. The van der Waals surface area contributed by atoms with Gasteiger partial charge >= 0.3 is 0 Å². The van der Waals surface area contributed by atoms with E-state index in [1.54, 1.807) is 14.2 Å². The van der Waals surface area contributed by atoms with E-state index in [1.165, 1.54) is 0 Å². The van der Waals surface area contributed by atoms with Crippen LogP contribution in [0.4, 0.5) is 0 Å². The van der Waals surface area contributed by atoms with Crippen LogP contribution in [-0.2, 0) is 20.7 Å². The maximum absolute atomic E-state index is 6.00. The van der Waals surface area contributed by atoms with Gasteiger partial charge in [-0.3, -0.25) is 0 Å². The smallest absolute Gasteiger partial charge is 0.123 e. The van der Waals surface area contributed by atoms with Gasteiger partial charge in [-0.2, -0.15) is 0 Å². The van der Waals surface area contributed by atoms with Crippen LogP contribution >= 0.6 is 23.2 Å². The molecule has 2 atom stereocenters. The molecule has 0 amide bonds. The second kappa shape index (κ2) is 6.59. The van der Waals surface area contributed by atoms with Gasteiger partial charge in [-0.1, -0.05) is 47.5 Å². The maximum Gasteiger partial charge on any atom is 0.123 e. The Hall–Kier alpha value is -1.06. The van der Waals surface area contributed by atoms with E-state index in [-0.39, 0.29) is 0 Å². The van der Waals surface area contributed by atoms with E-state index in [1.807, 2.05) is 62.4 Å². The highest BCUT2D eigenvalue weighted by molar-refractivity contribution is 6.30. The molecule has 0 saturated carbocycles. The molecular weight excluding hydrogens is 319 g/mol. The molecule has 0 N–H and O–H groups in total. The molecule has 0 spiro atoms. The molecule has 0 radical (unpaired) electrons. The van der Waals surface area contributed by atoms with Crippen molar-refractivity contribution in [1.29, 1.82) is 0 Å². The second-order valence-electron chi connectivity index (χ2n) is 5.49. The third kappa shape index (κ3) is 2.89. The predicted octanol–water partition coefficient (Wildman–Crippen LogP) is 5.42. The quantitative estimate of drug-likeness (QED) is 0.724. The van der Waals surface area contributed by atoms with Crippen molar-refractivity contribution >= 4 is 23.2 Å². The van der Waals surface area contributed by atoms with E-state index >= 15 is 0 Å². The zero-order chi connectivity index (χ0) is 16.4. The second-order valence-corrected chi connectivity index (χ2v) is 6.36. The van der Waals surface area contributed by atoms with Crippen molar-refractivity contribution < 1.29 is 9.47 Å². The number of hydrogen-bond acceptors (Lipinski definition) is 2. The van der Waals surface area contributed by atoms with Crippen LogP contribution in [0.5, 0.6) is 0 Å². The molecule has 4 heteroatoms. The van der Waals surface area contributed by atoms with Crippen molar-refractivity contribution in [1.82, 2.24) is 0 Å². The van der Waals surface area contributed by atoms with E-state index < -0.39 is 11.2 Å². The van der Waals surface area contributed by atoms with Gasteiger partial charge in [0.25, 0.3) is 0 Å². The molecule has 0 heterocycles. The van der Waals surface area contributed by atoms with Gasteiger partial charge in [0, 0.05) is 24.3 Å². The Labute approximate surface area is 142 Å². The molecule has 0 aromatic heterocycles. The highest BCUT2D eigenvalue weighted by Gasteiger charge is 2.48. The Kier molecular flexibility index (Phi) is 5.18. The minimum Gasteiger partial charge on any atom is -0.370 e. The van der Waals surface area contributed by atoms with Gasteiger partial charge in [0.05, 0.1) is 0 Å². The fraction of sp³-hybridized carbons (Fsp3) is 0.333. The molecule has 0 aliphatic carbocycles. The summed E-state index contributed by atoms with van der Waals surface area (Å²) in [5.41, 5.74) is 0.581. The highest BCUT2D eigenvalue weighted by Crippen LogP contribution is 2.45. The van der Waals surface area contributed by atoms with Gasteiger partial charge in [0.1, 0.15) is 11.2 Å². The Morgan fingerprint density at radius 2 is 0.909 bits per heavy atom. The zero-order valence-electron chi connectivity index (χ0n) is 13.2. The first-order valence-electron chi connectivity index (χ1n) is 7.00. The van der Waals surface area contributed by atoms with Crippen molar-refractivity contribution in [3.63, 3.8) is 0 Å². The molecule has 0 fully saturated rings. The molecule has 2 rings (SSSR count). The Balaban J connectivity index is 2.57. The molecule has 2 aromatic carbocycles. The highest BCUT2D eigenvalue weighted by atomic mass is 35.5. The minimum atomic E-state index is -0.694. The van der Waals surface area contributed by atoms with Crippen LogP contribution in [0.2, 0.25) is 10.0 Å². The lowest BCUT2D eigenvalue weighted by Crippen LogP contribution is -2.48. The van der Waals surface area contributed by atoms with E-state index in [2.05, 4.69) is 0 Å². The standard InChI is InChI=1S/C18H20Cl2O2/c1-17(21-3,13-5-9-15(19)10-6-13)18(2,22-4)14-7-11-16(20)12-8-14/h5-12H,1-4H3. The molecule has 2 unspecified atom stereocenters. The SMILES string of the molecule is COC(C)(c1ccc(Cl)cc1)C(C)(OC)c1ccc(Cl)cc1. The number of halogens is 2. The lowest BCUT2D eigenvalue weighted by atomic mass is 9.75. The largest absolute Gasteiger partial charge is 0.370 e. The van der Waals surface area contributed by atoms with Crippen LogP contribution < -0.4 is 0 Å². The summed E-state index contributed by atoms with van der Waals surface area (Å²) in [7, 11) is 3.36.